The van der Waals surface area contributed by atoms with Gasteiger partial charge in [0.05, 0.1) is 0 Å². The van der Waals surface area contributed by atoms with E-state index in [1.165, 1.54) is 0 Å². The Kier molecular flexibility index (Phi) is 1.01. The van der Waals surface area contributed by atoms with Crippen molar-refractivity contribution >= 4 is 31.9 Å². The fourth-order valence-corrected chi connectivity index (χ4v) is 0.994. The summed E-state index contributed by atoms with van der Waals surface area (Å²) < 4.78 is 4.88. The van der Waals surface area contributed by atoms with Crippen molar-refractivity contribution in [3.63, 3.8) is 0 Å². The van der Waals surface area contributed by atoms with Gasteiger partial charge in [0.25, 0.3) is 0 Å². The summed E-state index contributed by atoms with van der Waals surface area (Å²) in [7, 11) is 0. The van der Waals surface area contributed by atoms with Crippen molar-refractivity contribution in [3.05, 3.63) is 0 Å². The van der Waals surface area contributed by atoms with Crippen molar-refractivity contribution in [2.45, 2.75) is 16.4 Å². The molecule has 1 heterocycles. The summed E-state index contributed by atoms with van der Waals surface area (Å²) in [6, 6.07) is 0. The van der Waals surface area contributed by atoms with Gasteiger partial charge in [-0.1, -0.05) is 31.9 Å². The van der Waals surface area contributed by atoms with Crippen LogP contribution < -0.4 is 0 Å². The second-order valence-electron chi connectivity index (χ2n) is 1.42. The molecule has 2 atom stereocenters. The SMILES string of the molecule is CC1(Br)OC1Br. The van der Waals surface area contributed by atoms with Gasteiger partial charge in [0.15, 0.2) is 9.52 Å². The number of hydrogen-bond acceptors (Lipinski definition) is 1. The molecule has 0 aromatic carbocycles. The normalized spacial score (nSPS) is 55.5. The third-order valence-corrected chi connectivity index (χ3v) is 2.96. The predicted molar refractivity (Wildman–Crippen MR) is 31.1 cm³/mol. The van der Waals surface area contributed by atoms with Gasteiger partial charge >= 0.3 is 0 Å². The minimum absolute atomic E-state index is 0.0625. The van der Waals surface area contributed by atoms with Crippen molar-refractivity contribution in [1.29, 1.82) is 0 Å². The van der Waals surface area contributed by atoms with E-state index >= 15 is 0 Å². The summed E-state index contributed by atoms with van der Waals surface area (Å²) in [5.74, 6) is 0. The lowest BCUT2D eigenvalue weighted by Crippen LogP contribution is -1.88. The molecular weight excluding hydrogens is 212 g/mol. The van der Waals surface area contributed by atoms with Crippen LogP contribution in [0, 0.1) is 0 Å². The molecule has 0 spiro atoms. The van der Waals surface area contributed by atoms with E-state index in [1.807, 2.05) is 6.92 Å². The lowest BCUT2D eigenvalue weighted by atomic mass is 10.6. The molecule has 1 rings (SSSR count). The Balaban J connectivity index is 2.41. The lowest BCUT2D eigenvalue weighted by Gasteiger charge is -1.80. The van der Waals surface area contributed by atoms with E-state index in [-0.39, 0.29) is 9.52 Å². The monoisotopic (exact) mass is 214 g/mol. The molecule has 3 heteroatoms. The smallest absolute Gasteiger partial charge is 0.157 e. The first-order chi connectivity index (χ1) is 2.63. The zero-order chi connectivity index (χ0) is 4.78. The van der Waals surface area contributed by atoms with Gasteiger partial charge in [-0.15, -0.1) is 0 Å². The standard InChI is InChI=1S/C3H4Br2O/c1-3(5)2(4)6-3/h2H,1H3. The summed E-state index contributed by atoms with van der Waals surface area (Å²) >= 11 is 6.52. The summed E-state index contributed by atoms with van der Waals surface area (Å²) in [4.78, 5) is 0. The van der Waals surface area contributed by atoms with E-state index in [1.54, 1.807) is 0 Å². The zero-order valence-corrected chi connectivity index (χ0v) is 6.41. The average molecular weight is 216 g/mol. The maximum atomic E-state index is 4.94. The molecule has 0 aromatic rings. The third kappa shape index (κ3) is 0.768. The molecule has 0 aromatic heterocycles. The van der Waals surface area contributed by atoms with E-state index in [2.05, 4.69) is 31.9 Å². The van der Waals surface area contributed by atoms with Crippen molar-refractivity contribution in [2.75, 3.05) is 0 Å². The van der Waals surface area contributed by atoms with Crippen LogP contribution in [0.3, 0.4) is 0 Å². The molecule has 0 amide bonds. The van der Waals surface area contributed by atoms with E-state index in [4.69, 9.17) is 4.74 Å². The van der Waals surface area contributed by atoms with E-state index < -0.39 is 0 Å². The molecule has 1 saturated heterocycles. The molecule has 0 saturated carbocycles. The van der Waals surface area contributed by atoms with Crippen molar-refractivity contribution in [2.24, 2.45) is 0 Å². The second-order valence-corrected chi connectivity index (χ2v) is 3.83. The summed E-state index contributed by atoms with van der Waals surface area (Å²) in [5.41, 5.74) is 0. The molecule has 1 fully saturated rings. The van der Waals surface area contributed by atoms with Crippen LogP contribution in [-0.4, -0.2) is 9.52 Å². The minimum Gasteiger partial charge on any atom is -0.342 e. The fraction of sp³-hybridized carbons (Fsp3) is 1.00. The van der Waals surface area contributed by atoms with E-state index in [0.29, 0.717) is 0 Å². The molecular formula is C3H4Br2O. The molecule has 1 nitrogen and oxygen atoms in total. The van der Waals surface area contributed by atoms with Crippen LogP contribution in [0.5, 0.6) is 0 Å². The number of halogens is 2. The maximum Gasteiger partial charge on any atom is 0.157 e. The van der Waals surface area contributed by atoms with Gasteiger partial charge in [0.1, 0.15) is 0 Å². The second kappa shape index (κ2) is 1.20. The van der Waals surface area contributed by atoms with Crippen LogP contribution >= 0.6 is 31.9 Å². The fourth-order valence-electron chi connectivity index (χ4n) is 0.168. The van der Waals surface area contributed by atoms with E-state index in [0.717, 1.165) is 0 Å². The Bertz CT molecular complexity index is 71.2. The molecule has 1 aliphatic rings. The molecule has 0 N–H and O–H groups in total. The van der Waals surface area contributed by atoms with Gasteiger partial charge < -0.3 is 4.74 Å². The number of rotatable bonds is 0. The molecule has 1 aliphatic heterocycles. The Morgan fingerprint density at radius 1 is 1.83 bits per heavy atom. The van der Waals surface area contributed by atoms with Crippen LogP contribution in [0.1, 0.15) is 6.92 Å². The van der Waals surface area contributed by atoms with Crippen LogP contribution in [0.2, 0.25) is 0 Å². The zero-order valence-electron chi connectivity index (χ0n) is 3.24. The minimum atomic E-state index is -0.0625. The molecule has 2 unspecified atom stereocenters. The Labute approximate surface area is 53.3 Å². The van der Waals surface area contributed by atoms with E-state index in [9.17, 15) is 0 Å². The molecule has 0 aliphatic carbocycles. The number of ether oxygens (including phenoxy) is 1. The highest BCUT2D eigenvalue weighted by atomic mass is 79.9. The molecule has 0 bridgehead atoms. The van der Waals surface area contributed by atoms with Crippen molar-refractivity contribution in [1.82, 2.24) is 0 Å². The quantitative estimate of drug-likeness (QED) is 0.444. The largest absolute Gasteiger partial charge is 0.342 e. The first-order valence-electron chi connectivity index (χ1n) is 1.64. The molecule has 36 valence electrons. The van der Waals surface area contributed by atoms with Gasteiger partial charge in [-0.3, -0.25) is 0 Å². The third-order valence-electron chi connectivity index (χ3n) is 0.682. The highest BCUT2D eigenvalue weighted by molar-refractivity contribution is 9.13. The first-order valence-corrected chi connectivity index (χ1v) is 3.34. The summed E-state index contributed by atoms with van der Waals surface area (Å²) in [6.07, 6.45) is 0. The van der Waals surface area contributed by atoms with Crippen LogP contribution in [0.15, 0.2) is 0 Å². The van der Waals surface area contributed by atoms with Gasteiger partial charge in [0, 0.05) is 0 Å². The van der Waals surface area contributed by atoms with Crippen LogP contribution in [0.4, 0.5) is 0 Å². The van der Waals surface area contributed by atoms with Crippen LogP contribution in [0.25, 0.3) is 0 Å². The van der Waals surface area contributed by atoms with Crippen molar-refractivity contribution < 1.29 is 4.74 Å². The number of epoxide rings is 1. The average Bonchev–Trinajstić information content (AvgIpc) is 1.73. The van der Waals surface area contributed by atoms with Crippen LogP contribution in [-0.2, 0) is 4.74 Å². The Hall–Kier alpha value is 0.920. The number of hydrogen-bond donors (Lipinski definition) is 0. The maximum absolute atomic E-state index is 4.94. The first kappa shape index (κ1) is 5.06. The summed E-state index contributed by atoms with van der Waals surface area (Å²) in [6.45, 7) is 1.96. The Morgan fingerprint density at radius 3 is 2.00 bits per heavy atom. The van der Waals surface area contributed by atoms with Gasteiger partial charge in [-0.2, -0.15) is 0 Å². The number of alkyl halides is 2. The van der Waals surface area contributed by atoms with Gasteiger partial charge in [-0.05, 0) is 6.92 Å². The summed E-state index contributed by atoms with van der Waals surface area (Å²) in [5, 5.41) is 0.227. The molecule has 0 radical (unpaired) electrons. The highest BCUT2D eigenvalue weighted by Crippen LogP contribution is 2.45. The Morgan fingerprint density at radius 2 is 2.00 bits per heavy atom. The van der Waals surface area contributed by atoms with Gasteiger partial charge in [-0.25, -0.2) is 0 Å². The molecule has 6 heavy (non-hydrogen) atoms. The van der Waals surface area contributed by atoms with Gasteiger partial charge in [0.2, 0.25) is 0 Å². The van der Waals surface area contributed by atoms with Crippen molar-refractivity contribution in [3.8, 4) is 0 Å². The highest BCUT2D eigenvalue weighted by Gasteiger charge is 2.48. The lowest BCUT2D eigenvalue weighted by molar-refractivity contribution is 0.400. The predicted octanol–water partition coefficient (Wildman–Crippen LogP) is 1.85. The topological polar surface area (TPSA) is 12.5 Å².